The highest BCUT2D eigenvalue weighted by atomic mass is 16.2. The average molecular weight is 167 g/mol. The summed E-state index contributed by atoms with van der Waals surface area (Å²) >= 11 is 0. The number of nitrogens with zero attached hydrogens (tertiary/aromatic N) is 3. The molecule has 0 aromatic carbocycles. The molecule has 1 aliphatic rings. The number of hydrogen-bond donors (Lipinski definition) is 0. The van der Waals surface area contributed by atoms with Crippen molar-refractivity contribution >= 4 is 11.8 Å². The van der Waals surface area contributed by atoms with E-state index in [0.717, 1.165) is 0 Å². The molecule has 5 nitrogen and oxygen atoms in total. The molecule has 0 aromatic heterocycles. The van der Waals surface area contributed by atoms with Gasteiger partial charge in [0.1, 0.15) is 13.0 Å². The van der Waals surface area contributed by atoms with Gasteiger partial charge in [-0.1, -0.05) is 0 Å². The summed E-state index contributed by atoms with van der Waals surface area (Å²) in [6.07, 6.45) is -0.152. The zero-order valence-corrected chi connectivity index (χ0v) is 6.78. The van der Waals surface area contributed by atoms with Crippen LogP contribution in [0.15, 0.2) is 0 Å². The second-order valence-electron chi connectivity index (χ2n) is 2.66. The van der Waals surface area contributed by atoms with Gasteiger partial charge >= 0.3 is 0 Å². The lowest BCUT2D eigenvalue weighted by atomic mass is 10.4. The van der Waals surface area contributed by atoms with Crippen LogP contribution in [0.4, 0.5) is 0 Å². The maximum atomic E-state index is 11.1. The molecule has 0 N–H and O–H groups in total. The topological polar surface area (TPSA) is 64.4 Å². The molecule has 0 aliphatic carbocycles. The summed E-state index contributed by atoms with van der Waals surface area (Å²) in [5.74, 6) is -0.364. The van der Waals surface area contributed by atoms with Crippen molar-refractivity contribution in [1.29, 1.82) is 5.26 Å². The second-order valence-corrected chi connectivity index (χ2v) is 2.66. The lowest BCUT2D eigenvalue weighted by molar-refractivity contribution is -0.130. The Morgan fingerprint density at radius 2 is 2.42 bits per heavy atom. The molecule has 64 valence electrons. The molecule has 1 saturated heterocycles. The number of hydrogen-bond acceptors (Lipinski definition) is 3. The Hall–Kier alpha value is -1.57. The van der Waals surface area contributed by atoms with Crippen molar-refractivity contribution in [3.63, 3.8) is 0 Å². The maximum Gasteiger partial charge on any atom is 0.243 e. The number of amides is 2. The van der Waals surface area contributed by atoms with Gasteiger partial charge in [0.15, 0.2) is 0 Å². The smallest absolute Gasteiger partial charge is 0.243 e. The van der Waals surface area contributed by atoms with Gasteiger partial charge in [-0.15, -0.1) is 0 Å². The summed E-state index contributed by atoms with van der Waals surface area (Å²) in [4.78, 5) is 24.8. The molecule has 2 amide bonds. The zero-order valence-electron chi connectivity index (χ0n) is 6.78. The molecule has 12 heavy (non-hydrogen) atoms. The summed E-state index contributed by atoms with van der Waals surface area (Å²) < 4.78 is 0. The Labute approximate surface area is 70.2 Å². The van der Waals surface area contributed by atoms with E-state index >= 15 is 0 Å². The van der Waals surface area contributed by atoms with E-state index in [4.69, 9.17) is 5.26 Å². The molecule has 0 spiro atoms. The van der Waals surface area contributed by atoms with Gasteiger partial charge in [-0.3, -0.25) is 9.59 Å². The molecule has 0 radical (unpaired) electrons. The number of likely N-dealkylation sites (N-methyl/N-ethyl adjacent to an activating group) is 1. The normalized spacial score (nSPS) is 16.5. The third-order valence-electron chi connectivity index (χ3n) is 1.72. The van der Waals surface area contributed by atoms with E-state index in [9.17, 15) is 9.59 Å². The third kappa shape index (κ3) is 1.53. The number of carbonyl (C=O) groups is 2. The van der Waals surface area contributed by atoms with E-state index in [-0.39, 0.29) is 24.8 Å². The van der Waals surface area contributed by atoms with Crippen molar-refractivity contribution < 1.29 is 9.59 Å². The molecule has 0 saturated carbocycles. The Morgan fingerprint density at radius 1 is 1.75 bits per heavy atom. The quantitative estimate of drug-likeness (QED) is 0.511. The lowest BCUT2D eigenvalue weighted by Gasteiger charge is -2.12. The Kier molecular flexibility index (Phi) is 2.29. The largest absolute Gasteiger partial charge is 0.326 e. The predicted octanol–water partition coefficient (Wildman–Crippen LogP) is -0.842. The van der Waals surface area contributed by atoms with Crippen LogP contribution in [0.5, 0.6) is 0 Å². The van der Waals surface area contributed by atoms with Crippen molar-refractivity contribution in [2.45, 2.75) is 6.42 Å². The summed E-state index contributed by atoms with van der Waals surface area (Å²) in [5, 5.41) is 8.23. The van der Waals surface area contributed by atoms with Crippen LogP contribution in [-0.2, 0) is 9.59 Å². The van der Waals surface area contributed by atoms with Crippen molar-refractivity contribution in [3.05, 3.63) is 0 Å². The van der Waals surface area contributed by atoms with E-state index in [1.165, 1.54) is 9.80 Å². The summed E-state index contributed by atoms with van der Waals surface area (Å²) in [5.41, 5.74) is 0. The van der Waals surface area contributed by atoms with E-state index in [2.05, 4.69) is 0 Å². The van der Waals surface area contributed by atoms with Gasteiger partial charge in [0.2, 0.25) is 11.8 Å². The molecule has 1 aliphatic heterocycles. The first-order chi connectivity index (χ1) is 5.65. The monoisotopic (exact) mass is 167 g/mol. The first-order valence-corrected chi connectivity index (χ1v) is 3.54. The van der Waals surface area contributed by atoms with Gasteiger partial charge < -0.3 is 9.80 Å². The Balaban J connectivity index is 2.53. The van der Waals surface area contributed by atoms with Crippen molar-refractivity contribution in [3.8, 4) is 6.07 Å². The first kappa shape index (κ1) is 8.53. The number of rotatable bonds is 1. The van der Waals surface area contributed by atoms with Gasteiger partial charge in [0, 0.05) is 7.05 Å². The minimum absolute atomic E-state index is 0.0821. The highest BCUT2D eigenvalue weighted by molar-refractivity contribution is 5.88. The van der Waals surface area contributed by atoms with Crippen LogP contribution in [0.3, 0.4) is 0 Å². The lowest BCUT2D eigenvalue weighted by Crippen LogP contribution is -2.29. The molecule has 1 fully saturated rings. The molecule has 0 atom stereocenters. The van der Waals surface area contributed by atoms with Crippen LogP contribution < -0.4 is 0 Å². The molecular formula is C7H9N3O2. The molecule has 1 rings (SSSR count). The van der Waals surface area contributed by atoms with Gasteiger partial charge in [-0.25, -0.2) is 0 Å². The first-order valence-electron chi connectivity index (χ1n) is 3.54. The highest BCUT2D eigenvalue weighted by Gasteiger charge is 2.27. The zero-order chi connectivity index (χ0) is 9.14. The molecule has 0 aromatic rings. The van der Waals surface area contributed by atoms with E-state index in [1.54, 1.807) is 13.1 Å². The number of carbonyl (C=O) groups excluding carboxylic acids is 2. The predicted molar refractivity (Wildman–Crippen MR) is 39.6 cm³/mol. The molecule has 1 heterocycles. The second kappa shape index (κ2) is 3.22. The fourth-order valence-electron chi connectivity index (χ4n) is 1.02. The Bertz CT molecular complexity index is 256. The van der Waals surface area contributed by atoms with E-state index < -0.39 is 0 Å². The highest BCUT2D eigenvalue weighted by Crippen LogP contribution is 2.04. The molecular weight excluding hydrogens is 158 g/mol. The van der Waals surface area contributed by atoms with Gasteiger partial charge in [-0.2, -0.15) is 5.26 Å². The van der Waals surface area contributed by atoms with Crippen LogP contribution in [0, 0.1) is 11.3 Å². The van der Waals surface area contributed by atoms with Crippen molar-refractivity contribution in [1.82, 2.24) is 9.80 Å². The summed E-state index contributed by atoms with van der Waals surface area (Å²) in [6.45, 7) is 0.413. The van der Waals surface area contributed by atoms with Gasteiger partial charge in [0.05, 0.1) is 12.7 Å². The maximum absolute atomic E-state index is 11.1. The minimum atomic E-state index is -0.282. The van der Waals surface area contributed by atoms with Crippen LogP contribution >= 0.6 is 0 Å². The molecule has 0 unspecified atom stereocenters. The van der Waals surface area contributed by atoms with Crippen LogP contribution in [-0.4, -0.2) is 41.9 Å². The number of nitriles is 1. The fraction of sp³-hybridized carbons (Fsp3) is 0.571. The Morgan fingerprint density at radius 3 is 2.83 bits per heavy atom. The average Bonchev–Trinajstić information content (AvgIpc) is 2.33. The van der Waals surface area contributed by atoms with E-state index in [0.29, 0.717) is 6.67 Å². The standard InChI is InChI=1S/C7H9N3O2/c1-9-5-10(4-7(9)12)6(11)2-3-8/h2,4-5H2,1H3. The van der Waals surface area contributed by atoms with Crippen LogP contribution in [0.25, 0.3) is 0 Å². The summed E-state index contributed by atoms with van der Waals surface area (Å²) in [6, 6.07) is 1.75. The SMILES string of the molecule is CN1CN(C(=O)CC#N)CC1=O. The minimum Gasteiger partial charge on any atom is -0.326 e. The van der Waals surface area contributed by atoms with E-state index in [1.807, 2.05) is 0 Å². The molecule has 5 heteroatoms. The van der Waals surface area contributed by atoms with Crippen LogP contribution in [0.2, 0.25) is 0 Å². The van der Waals surface area contributed by atoms with Crippen LogP contribution in [0.1, 0.15) is 6.42 Å². The van der Waals surface area contributed by atoms with Crippen molar-refractivity contribution in [2.24, 2.45) is 0 Å². The van der Waals surface area contributed by atoms with Crippen molar-refractivity contribution in [2.75, 3.05) is 20.3 Å². The van der Waals surface area contributed by atoms with Gasteiger partial charge in [0.25, 0.3) is 0 Å². The fourth-order valence-corrected chi connectivity index (χ4v) is 1.02. The summed E-state index contributed by atoms with van der Waals surface area (Å²) in [7, 11) is 1.63. The molecule has 0 bridgehead atoms. The third-order valence-corrected chi connectivity index (χ3v) is 1.72. The van der Waals surface area contributed by atoms with Gasteiger partial charge in [-0.05, 0) is 0 Å².